The molecule has 0 saturated carbocycles. The third-order valence-electron chi connectivity index (χ3n) is 4.30. The zero-order valence-electron chi connectivity index (χ0n) is 15.1. The second kappa shape index (κ2) is 9.07. The summed E-state index contributed by atoms with van der Waals surface area (Å²) in [5.74, 6) is 0.129. The third-order valence-corrected chi connectivity index (χ3v) is 5.45. The van der Waals surface area contributed by atoms with Gasteiger partial charge in [0.25, 0.3) is 5.91 Å². The van der Waals surface area contributed by atoms with E-state index < -0.39 is 0 Å². The molecule has 0 radical (unpaired) electrons. The maximum Gasteiger partial charge on any atom is 0.252 e. The highest BCUT2D eigenvalue weighted by molar-refractivity contribution is 7.99. The predicted molar refractivity (Wildman–Crippen MR) is 109 cm³/mol. The molecule has 3 aromatic rings. The summed E-state index contributed by atoms with van der Waals surface area (Å²) in [6.07, 6.45) is 0. The highest BCUT2D eigenvalue weighted by atomic mass is 32.2. The second-order valence-electron chi connectivity index (χ2n) is 6.23. The van der Waals surface area contributed by atoms with Crippen molar-refractivity contribution in [3.8, 4) is 6.07 Å². The Bertz CT molecular complexity index is 963. The smallest absolute Gasteiger partial charge is 0.252 e. The van der Waals surface area contributed by atoms with Gasteiger partial charge in [0.15, 0.2) is 0 Å². The molecule has 0 aliphatic carbocycles. The Hall–Kier alpha value is -3.03. The van der Waals surface area contributed by atoms with Gasteiger partial charge in [0, 0.05) is 16.3 Å². The van der Waals surface area contributed by atoms with Crippen molar-refractivity contribution in [2.24, 2.45) is 0 Å². The predicted octanol–water partition coefficient (Wildman–Crippen LogP) is 5.24. The number of nitriles is 1. The highest BCUT2D eigenvalue weighted by Crippen LogP contribution is 2.32. The van der Waals surface area contributed by atoms with Crippen LogP contribution in [0.2, 0.25) is 0 Å². The maximum atomic E-state index is 12.8. The van der Waals surface area contributed by atoms with Gasteiger partial charge in [-0.05, 0) is 35.7 Å². The van der Waals surface area contributed by atoms with E-state index in [1.54, 1.807) is 6.07 Å². The molecule has 0 fully saturated rings. The van der Waals surface area contributed by atoms with Gasteiger partial charge >= 0.3 is 0 Å². The highest BCUT2D eigenvalue weighted by Gasteiger charge is 2.14. The van der Waals surface area contributed by atoms with E-state index in [-0.39, 0.29) is 11.8 Å². The lowest BCUT2D eigenvalue weighted by Crippen LogP contribution is -2.27. The van der Waals surface area contributed by atoms with Gasteiger partial charge in [-0.2, -0.15) is 5.26 Å². The summed E-state index contributed by atoms with van der Waals surface area (Å²) in [5, 5.41) is 12.3. The average molecular weight is 372 g/mol. The van der Waals surface area contributed by atoms with Gasteiger partial charge in [-0.1, -0.05) is 73.3 Å². The third kappa shape index (κ3) is 4.78. The second-order valence-corrected chi connectivity index (χ2v) is 7.31. The molecule has 1 amide bonds. The van der Waals surface area contributed by atoms with Crippen molar-refractivity contribution in [2.75, 3.05) is 6.54 Å². The molecule has 1 unspecified atom stereocenters. The van der Waals surface area contributed by atoms with Crippen LogP contribution in [0.5, 0.6) is 0 Å². The molecular formula is C23H20N2OS. The minimum atomic E-state index is -0.102. The molecule has 4 heteroatoms. The Labute approximate surface area is 164 Å². The van der Waals surface area contributed by atoms with Crippen LogP contribution in [0.4, 0.5) is 0 Å². The Morgan fingerprint density at radius 2 is 1.59 bits per heavy atom. The largest absolute Gasteiger partial charge is 0.351 e. The maximum absolute atomic E-state index is 12.8. The lowest BCUT2D eigenvalue weighted by Gasteiger charge is -2.14. The molecule has 3 nitrogen and oxygen atoms in total. The van der Waals surface area contributed by atoms with Crippen molar-refractivity contribution in [3.63, 3.8) is 0 Å². The molecule has 1 atom stereocenters. The van der Waals surface area contributed by atoms with Crippen molar-refractivity contribution >= 4 is 17.7 Å². The van der Waals surface area contributed by atoms with Crippen molar-refractivity contribution in [2.45, 2.75) is 22.6 Å². The van der Waals surface area contributed by atoms with Crippen LogP contribution in [0.3, 0.4) is 0 Å². The van der Waals surface area contributed by atoms with Crippen LogP contribution in [0.1, 0.15) is 34.3 Å². The number of hydrogen-bond acceptors (Lipinski definition) is 3. The van der Waals surface area contributed by atoms with Crippen LogP contribution in [0.25, 0.3) is 0 Å². The minimum Gasteiger partial charge on any atom is -0.351 e. The Kier molecular flexibility index (Phi) is 6.30. The molecule has 0 heterocycles. The first-order valence-electron chi connectivity index (χ1n) is 8.78. The summed E-state index contributed by atoms with van der Waals surface area (Å²) >= 11 is 1.44. The van der Waals surface area contributed by atoms with E-state index in [1.165, 1.54) is 17.3 Å². The van der Waals surface area contributed by atoms with E-state index in [1.807, 2.05) is 60.7 Å². The summed E-state index contributed by atoms with van der Waals surface area (Å²) < 4.78 is 0. The number of amides is 1. The number of carbonyl (C=O) groups excluding carboxylic acids is 1. The summed E-state index contributed by atoms with van der Waals surface area (Å²) in [7, 11) is 0. The molecule has 134 valence electrons. The first kappa shape index (κ1) is 18.8. The van der Waals surface area contributed by atoms with Gasteiger partial charge in [0.05, 0.1) is 11.1 Å². The van der Waals surface area contributed by atoms with Gasteiger partial charge in [-0.3, -0.25) is 4.79 Å². The van der Waals surface area contributed by atoms with Crippen LogP contribution in [0, 0.1) is 11.3 Å². The van der Waals surface area contributed by atoms with Crippen molar-refractivity contribution < 1.29 is 4.79 Å². The standard InChI is InChI=1S/C23H20N2OS/c1-17(18-9-3-2-4-10-18)16-25-23(26)20-12-6-8-14-22(20)27-21-13-7-5-11-19(21)15-24/h2-14,17H,16H2,1H3,(H,25,26). The average Bonchev–Trinajstić information content (AvgIpc) is 2.73. The van der Waals surface area contributed by atoms with E-state index in [0.29, 0.717) is 17.7 Å². The van der Waals surface area contributed by atoms with Crippen LogP contribution in [-0.2, 0) is 0 Å². The molecule has 27 heavy (non-hydrogen) atoms. The lowest BCUT2D eigenvalue weighted by atomic mass is 10.0. The monoisotopic (exact) mass is 372 g/mol. The fraction of sp³-hybridized carbons (Fsp3) is 0.130. The molecule has 3 rings (SSSR count). The van der Waals surface area contributed by atoms with E-state index in [4.69, 9.17) is 0 Å². The number of nitrogens with zero attached hydrogens (tertiary/aromatic N) is 1. The lowest BCUT2D eigenvalue weighted by molar-refractivity contribution is 0.0948. The van der Waals surface area contributed by atoms with Gasteiger partial charge in [0.1, 0.15) is 6.07 Å². The molecule has 1 N–H and O–H groups in total. The van der Waals surface area contributed by atoms with E-state index in [0.717, 1.165) is 9.79 Å². The van der Waals surface area contributed by atoms with Crippen LogP contribution < -0.4 is 5.32 Å². The number of hydrogen-bond donors (Lipinski definition) is 1. The van der Waals surface area contributed by atoms with Gasteiger partial charge in [-0.15, -0.1) is 0 Å². The van der Waals surface area contributed by atoms with E-state index in [2.05, 4.69) is 30.4 Å². The molecule has 0 spiro atoms. The quantitative estimate of drug-likeness (QED) is 0.643. The van der Waals surface area contributed by atoms with Crippen LogP contribution in [-0.4, -0.2) is 12.5 Å². The number of nitrogens with one attached hydrogen (secondary N) is 1. The summed E-state index contributed by atoms with van der Waals surface area (Å²) in [4.78, 5) is 14.4. The Morgan fingerprint density at radius 3 is 2.33 bits per heavy atom. The van der Waals surface area contributed by atoms with Gasteiger partial charge < -0.3 is 5.32 Å². The zero-order valence-corrected chi connectivity index (χ0v) is 15.9. The van der Waals surface area contributed by atoms with Gasteiger partial charge in [0.2, 0.25) is 0 Å². The SMILES string of the molecule is CC(CNC(=O)c1ccccc1Sc1ccccc1C#N)c1ccccc1. The molecule has 0 aromatic heterocycles. The van der Waals surface area contributed by atoms with E-state index in [9.17, 15) is 10.1 Å². The summed E-state index contributed by atoms with van der Waals surface area (Å²) in [6.45, 7) is 2.66. The first-order chi connectivity index (χ1) is 13.2. The van der Waals surface area contributed by atoms with Gasteiger partial charge in [-0.25, -0.2) is 0 Å². The number of benzene rings is 3. The van der Waals surface area contributed by atoms with Crippen LogP contribution >= 0.6 is 11.8 Å². The van der Waals surface area contributed by atoms with Crippen molar-refractivity contribution in [1.82, 2.24) is 5.32 Å². The zero-order chi connectivity index (χ0) is 19.1. The molecule has 0 bridgehead atoms. The fourth-order valence-electron chi connectivity index (χ4n) is 2.75. The molecule has 0 saturated heterocycles. The minimum absolute atomic E-state index is 0.102. The van der Waals surface area contributed by atoms with Crippen molar-refractivity contribution in [1.29, 1.82) is 5.26 Å². The Balaban J connectivity index is 1.73. The van der Waals surface area contributed by atoms with E-state index >= 15 is 0 Å². The topological polar surface area (TPSA) is 52.9 Å². The summed E-state index contributed by atoms with van der Waals surface area (Å²) in [5.41, 5.74) is 2.43. The molecule has 0 aliphatic rings. The summed E-state index contributed by atoms with van der Waals surface area (Å²) in [6, 6.07) is 27.2. The fourth-order valence-corrected chi connectivity index (χ4v) is 3.77. The first-order valence-corrected chi connectivity index (χ1v) is 9.60. The Morgan fingerprint density at radius 1 is 0.963 bits per heavy atom. The molecular weight excluding hydrogens is 352 g/mol. The van der Waals surface area contributed by atoms with Crippen LogP contribution in [0.15, 0.2) is 88.7 Å². The molecule has 0 aliphatic heterocycles. The molecule has 3 aromatic carbocycles. The number of carbonyl (C=O) groups is 1. The normalized spacial score (nSPS) is 11.4. The van der Waals surface area contributed by atoms with Crippen molar-refractivity contribution in [3.05, 3.63) is 95.6 Å². The number of rotatable bonds is 6.